The summed E-state index contributed by atoms with van der Waals surface area (Å²) in [5.41, 5.74) is 0.902. The Morgan fingerprint density at radius 1 is 1.40 bits per heavy atom. The van der Waals surface area contributed by atoms with Crippen molar-refractivity contribution in [1.82, 2.24) is 0 Å². The number of benzene rings is 1. The van der Waals surface area contributed by atoms with Gasteiger partial charge in [-0.15, -0.1) is 0 Å². The molecule has 0 unspecified atom stereocenters. The quantitative estimate of drug-likeness (QED) is 0.429. The lowest BCUT2D eigenvalue weighted by Gasteiger charge is -2.26. The van der Waals surface area contributed by atoms with Crippen molar-refractivity contribution in [2.75, 3.05) is 6.79 Å². The molecule has 15 heavy (non-hydrogen) atoms. The zero-order valence-corrected chi connectivity index (χ0v) is 8.01. The van der Waals surface area contributed by atoms with Gasteiger partial charge in [-0.3, -0.25) is 0 Å². The number of carbonyl (C=O) groups excluding carboxylic acids is 1. The van der Waals surface area contributed by atoms with Crippen LogP contribution in [0.25, 0.3) is 0 Å². The minimum Gasteiger partial charge on any atom is -0.423 e. The first-order valence-electron chi connectivity index (χ1n) is 4.47. The summed E-state index contributed by atoms with van der Waals surface area (Å²) < 4.78 is 15.1. The molecule has 1 saturated heterocycles. The van der Waals surface area contributed by atoms with E-state index in [9.17, 15) is 4.79 Å². The number of carbonyl (C=O) groups is 1. The van der Waals surface area contributed by atoms with Gasteiger partial charge >= 0.3 is 5.97 Å². The second-order valence-electron chi connectivity index (χ2n) is 2.98. The van der Waals surface area contributed by atoms with Crippen LogP contribution >= 0.6 is 0 Å². The smallest absolute Gasteiger partial charge is 0.335 e. The molecule has 78 valence electrons. The number of esters is 1. The van der Waals surface area contributed by atoms with Gasteiger partial charge in [-0.25, -0.2) is 4.79 Å². The molecule has 1 aliphatic rings. The summed E-state index contributed by atoms with van der Waals surface area (Å²) in [4.78, 5) is 10.9. The third-order valence-corrected chi connectivity index (χ3v) is 1.98. The largest absolute Gasteiger partial charge is 0.423 e. The molecule has 0 N–H and O–H groups in total. The monoisotopic (exact) mass is 206 g/mol. The van der Waals surface area contributed by atoms with Crippen molar-refractivity contribution in [2.45, 2.75) is 6.29 Å². The molecule has 0 radical (unpaired) electrons. The Morgan fingerprint density at radius 3 is 2.53 bits per heavy atom. The SMILES string of the molecule is C=CC(=O)Oc1ccc(C2OCO2)cc1. The number of ether oxygens (including phenoxy) is 3. The Bertz CT molecular complexity index is 365. The van der Waals surface area contributed by atoms with Crippen LogP contribution in [0, 0.1) is 0 Å². The standard InChI is InChI=1S/C11H10O4/c1-2-10(12)15-9-5-3-8(4-6-9)11-13-7-14-11/h2-6,11H,1,7H2. The highest BCUT2D eigenvalue weighted by Crippen LogP contribution is 2.27. The predicted molar refractivity (Wildman–Crippen MR) is 52.1 cm³/mol. The van der Waals surface area contributed by atoms with Gasteiger partial charge in [-0.1, -0.05) is 18.7 Å². The molecule has 1 aromatic rings. The highest BCUT2D eigenvalue weighted by molar-refractivity contribution is 5.83. The summed E-state index contributed by atoms with van der Waals surface area (Å²) in [5.74, 6) is 0.00173. The van der Waals surface area contributed by atoms with Crippen molar-refractivity contribution in [2.24, 2.45) is 0 Å². The zero-order valence-electron chi connectivity index (χ0n) is 8.01. The molecule has 4 heteroatoms. The highest BCUT2D eigenvalue weighted by atomic mass is 16.8. The maximum atomic E-state index is 10.9. The fourth-order valence-corrected chi connectivity index (χ4v) is 1.18. The Balaban J connectivity index is 2.03. The maximum absolute atomic E-state index is 10.9. The zero-order chi connectivity index (χ0) is 10.7. The first-order valence-corrected chi connectivity index (χ1v) is 4.47. The van der Waals surface area contributed by atoms with Crippen molar-refractivity contribution >= 4 is 5.97 Å². The molecular weight excluding hydrogens is 196 g/mol. The molecular formula is C11H10O4. The lowest BCUT2D eigenvalue weighted by molar-refractivity contribution is -0.326. The summed E-state index contributed by atoms with van der Waals surface area (Å²) in [5, 5.41) is 0. The van der Waals surface area contributed by atoms with Gasteiger partial charge in [-0.05, 0) is 12.1 Å². The van der Waals surface area contributed by atoms with E-state index in [4.69, 9.17) is 14.2 Å². The van der Waals surface area contributed by atoms with E-state index in [1.165, 1.54) is 0 Å². The van der Waals surface area contributed by atoms with Gasteiger partial charge in [0.2, 0.25) is 0 Å². The number of hydrogen-bond acceptors (Lipinski definition) is 4. The van der Waals surface area contributed by atoms with Crippen LogP contribution in [0.4, 0.5) is 0 Å². The van der Waals surface area contributed by atoms with E-state index in [2.05, 4.69) is 6.58 Å². The normalized spacial score (nSPS) is 15.5. The first-order chi connectivity index (χ1) is 7.29. The van der Waals surface area contributed by atoms with Gasteiger partial charge in [-0.2, -0.15) is 0 Å². The lowest BCUT2D eigenvalue weighted by atomic mass is 10.2. The Labute approximate surface area is 87.1 Å². The molecule has 1 aromatic carbocycles. The van der Waals surface area contributed by atoms with E-state index in [-0.39, 0.29) is 6.29 Å². The van der Waals surface area contributed by atoms with Crippen LogP contribution in [0.3, 0.4) is 0 Å². The maximum Gasteiger partial charge on any atom is 0.335 e. The van der Waals surface area contributed by atoms with Crippen molar-refractivity contribution < 1.29 is 19.0 Å². The van der Waals surface area contributed by atoms with Gasteiger partial charge in [0.15, 0.2) is 13.1 Å². The van der Waals surface area contributed by atoms with Crippen molar-refractivity contribution in [3.05, 3.63) is 42.5 Å². The predicted octanol–water partition coefficient (Wildman–Crippen LogP) is 1.78. The molecule has 0 spiro atoms. The Morgan fingerprint density at radius 2 is 2.07 bits per heavy atom. The average molecular weight is 206 g/mol. The molecule has 0 saturated carbocycles. The molecule has 0 bridgehead atoms. The minimum atomic E-state index is -0.473. The van der Waals surface area contributed by atoms with Crippen molar-refractivity contribution in [3.63, 3.8) is 0 Å². The molecule has 0 atom stereocenters. The fourth-order valence-electron chi connectivity index (χ4n) is 1.18. The summed E-state index contributed by atoms with van der Waals surface area (Å²) in [6.07, 6.45) is 0.834. The molecule has 0 amide bonds. The molecule has 0 aliphatic carbocycles. The molecule has 2 rings (SSSR count). The second kappa shape index (κ2) is 4.25. The van der Waals surface area contributed by atoms with Crippen LogP contribution in [-0.2, 0) is 14.3 Å². The molecule has 1 fully saturated rings. The van der Waals surface area contributed by atoms with Gasteiger partial charge in [0.1, 0.15) is 5.75 Å². The van der Waals surface area contributed by atoms with Gasteiger partial charge in [0.05, 0.1) is 0 Å². The summed E-state index contributed by atoms with van der Waals surface area (Å²) >= 11 is 0. The summed E-state index contributed by atoms with van der Waals surface area (Å²) in [6, 6.07) is 6.94. The molecule has 0 aromatic heterocycles. The van der Waals surface area contributed by atoms with Crippen molar-refractivity contribution in [3.8, 4) is 5.75 Å². The summed E-state index contributed by atoms with van der Waals surface area (Å²) in [7, 11) is 0. The summed E-state index contributed by atoms with van der Waals surface area (Å²) in [6.45, 7) is 3.64. The van der Waals surface area contributed by atoms with Crippen LogP contribution in [0.2, 0.25) is 0 Å². The third-order valence-electron chi connectivity index (χ3n) is 1.98. The van der Waals surface area contributed by atoms with E-state index in [0.717, 1.165) is 11.6 Å². The minimum absolute atomic E-state index is 0.283. The second-order valence-corrected chi connectivity index (χ2v) is 2.98. The molecule has 4 nitrogen and oxygen atoms in total. The fraction of sp³-hybridized carbons (Fsp3) is 0.182. The van der Waals surface area contributed by atoms with Crippen LogP contribution < -0.4 is 4.74 Å². The average Bonchev–Trinajstić information content (AvgIpc) is 2.18. The van der Waals surface area contributed by atoms with E-state index < -0.39 is 5.97 Å². The van der Waals surface area contributed by atoms with Gasteiger partial charge in [0.25, 0.3) is 0 Å². The molecule has 1 heterocycles. The van der Waals surface area contributed by atoms with E-state index in [1.54, 1.807) is 24.3 Å². The lowest BCUT2D eigenvalue weighted by Crippen LogP contribution is -2.21. The Hall–Kier alpha value is -1.65. The van der Waals surface area contributed by atoms with E-state index in [1.807, 2.05) is 0 Å². The highest BCUT2D eigenvalue weighted by Gasteiger charge is 2.20. The van der Waals surface area contributed by atoms with Gasteiger partial charge < -0.3 is 14.2 Å². The van der Waals surface area contributed by atoms with Crippen molar-refractivity contribution in [1.29, 1.82) is 0 Å². The van der Waals surface area contributed by atoms with Crippen LogP contribution in [-0.4, -0.2) is 12.8 Å². The topological polar surface area (TPSA) is 44.8 Å². The van der Waals surface area contributed by atoms with E-state index >= 15 is 0 Å². The number of hydrogen-bond donors (Lipinski definition) is 0. The van der Waals surface area contributed by atoms with Gasteiger partial charge in [0, 0.05) is 11.6 Å². The third kappa shape index (κ3) is 2.23. The van der Waals surface area contributed by atoms with Crippen LogP contribution in [0.15, 0.2) is 36.9 Å². The number of rotatable bonds is 3. The van der Waals surface area contributed by atoms with E-state index in [0.29, 0.717) is 12.5 Å². The first kappa shape index (κ1) is 9.89. The van der Waals surface area contributed by atoms with Crippen LogP contribution in [0.5, 0.6) is 5.75 Å². The molecule has 1 aliphatic heterocycles. The Kier molecular flexibility index (Phi) is 2.80. The van der Waals surface area contributed by atoms with Crippen LogP contribution in [0.1, 0.15) is 11.9 Å².